The van der Waals surface area contributed by atoms with Crippen molar-refractivity contribution in [3.05, 3.63) is 24.9 Å². The fourth-order valence-electron chi connectivity index (χ4n) is 0. The maximum absolute atomic E-state index is 9.25. The lowest BCUT2D eigenvalue weighted by atomic mass is 10.7. The zero-order valence-electron chi connectivity index (χ0n) is 4.92. The SMILES string of the molecule is C=CC(=O)O.C=C[SiH3]. The van der Waals surface area contributed by atoms with Gasteiger partial charge in [0, 0.05) is 16.3 Å². The molecular weight excluding hydrogens is 120 g/mol. The van der Waals surface area contributed by atoms with Gasteiger partial charge in [-0.1, -0.05) is 6.58 Å². The summed E-state index contributed by atoms with van der Waals surface area (Å²) >= 11 is 0. The third-order valence-corrected chi connectivity index (χ3v) is 0.175. The number of hydrogen-bond acceptors (Lipinski definition) is 1. The lowest BCUT2D eigenvalue weighted by Crippen LogP contribution is -1.82. The molecule has 0 rings (SSSR count). The van der Waals surface area contributed by atoms with E-state index in [4.69, 9.17) is 5.11 Å². The van der Waals surface area contributed by atoms with Gasteiger partial charge >= 0.3 is 5.97 Å². The molecule has 8 heavy (non-hydrogen) atoms. The van der Waals surface area contributed by atoms with Crippen molar-refractivity contribution < 1.29 is 9.90 Å². The van der Waals surface area contributed by atoms with Crippen molar-refractivity contribution in [1.29, 1.82) is 0 Å². The Bertz CT molecular complexity index is 88.4. The first-order valence-corrected chi connectivity index (χ1v) is 3.26. The fourth-order valence-corrected chi connectivity index (χ4v) is 0. The van der Waals surface area contributed by atoms with Gasteiger partial charge in [-0.2, -0.15) is 0 Å². The summed E-state index contributed by atoms with van der Waals surface area (Å²) < 4.78 is 0. The third-order valence-electron chi connectivity index (χ3n) is 0.175. The molecule has 0 amide bonds. The van der Waals surface area contributed by atoms with Gasteiger partial charge in [0.15, 0.2) is 0 Å². The quantitative estimate of drug-likeness (QED) is 0.392. The van der Waals surface area contributed by atoms with Gasteiger partial charge in [0.1, 0.15) is 0 Å². The Hall–Kier alpha value is -0.833. The normalized spacial score (nSPS) is 6.00. The zero-order valence-corrected chi connectivity index (χ0v) is 6.92. The monoisotopic (exact) mass is 130 g/mol. The van der Waals surface area contributed by atoms with E-state index >= 15 is 0 Å². The van der Waals surface area contributed by atoms with Crippen molar-refractivity contribution in [3.63, 3.8) is 0 Å². The van der Waals surface area contributed by atoms with Crippen LogP contribution in [0.25, 0.3) is 0 Å². The fraction of sp³-hybridized carbons (Fsp3) is 0. The Morgan fingerprint density at radius 3 is 1.75 bits per heavy atom. The minimum absolute atomic E-state index is 0.833. The van der Waals surface area contributed by atoms with Gasteiger partial charge in [-0.15, -0.1) is 12.3 Å². The number of carboxylic acid groups (broad SMARTS) is 1. The molecule has 0 bridgehead atoms. The Kier molecular flexibility index (Phi) is 12.1. The molecule has 0 spiro atoms. The summed E-state index contributed by atoms with van der Waals surface area (Å²) in [6, 6.07) is 0. The van der Waals surface area contributed by atoms with Crippen LogP contribution in [0.4, 0.5) is 0 Å². The van der Waals surface area contributed by atoms with Crippen molar-refractivity contribution in [2.45, 2.75) is 0 Å². The van der Waals surface area contributed by atoms with E-state index < -0.39 is 5.97 Å². The van der Waals surface area contributed by atoms with Crippen LogP contribution in [0.15, 0.2) is 24.9 Å². The molecule has 0 heterocycles. The summed E-state index contributed by atoms with van der Waals surface area (Å²) in [6.07, 6.45) is 0.833. The Labute approximate surface area is 52.0 Å². The molecular formula is C5H10O2Si. The zero-order chi connectivity index (χ0) is 6.99. The molecule has 0 aliphatic rings. The molecule has 0 fully saturated rings. The molecule has 0 unspecified atom stereocenters. The van der Waals surface area contributed by atoms with Crippen LogP contribution in [0, 0.1) is 0 Å². The standard InChI is InChI=1S/C3H4O2.C2H6Si/c1-2-3(4)5;1-2-3/h2H,1H2,(H,4,5);2H,1H2,3H3. The number of hydrogen-bond donors (Lipinski definition) is 1. The van der Waals surface area contributed by atoms with Crippen molar-refractivity contribution in [2.24, 2.45) is 0 Å². The minimum atomic E-state index is -0.981. The van der Waals surface area contributed by atoms with Gasteiger partial charge in [-0.05, 0) is 0 Å². The van der Waals surface area contributed by atoms with E-state index in [1.165, 1.54) is 0 Å². The summed E-state index contributed by atoms with van der Waals surface area (Å²) in [5.41, 5.74) is 1.89. The van der Waals surface area contributed by atoms with Crippen LogP contribution in [0.1, 0.15) is 0 Å². The van der Waals surface area contributed by atoms with Crippen molar-refractivity contribution in [3.8, 4) is 0 Å². The Morgan fingerprint density at radius 2 is 1.75 bits per heavy atom. The van der Waals surface area contributed by atoms with Crippen LogP contribution in [-0.4, -0.2) is 21.3 Å². The first-order valence-electron chi connectivity index (χ1n) is 2.11. The van der Waals surface area contributed by atoms with Gasteiger partial charge in [0.25, 0.3) is 0 Å². The average Bonchev–Trinajstić information content (AvgIpc) is 1.69. The molecule has 0 aromatic carbocycles. The molecule has 0 atom stereocenters. The largest absolute Gasteiger partial charge is 0.478 e. The molecule has 0 aromatic heterocycles. The van der Waals surface area contributed by atoms with E-state index in [0.29, 0.717) is 0 Å². The van der Waals surface area contributed by atoms with Gasteiger partial charge in [0.2, 0.25) is 0 Å². The number of carboxylic acids is 1. The van der Waals surface area contributed by atoms with E-state index in [9.17, 15) is 4.79 Å². The highest BCUT2D eigenvalue weighted by Gasteiger charge is 1.73. The topological polar surface area (TPSA) is 37.3 Å². The summed E-state index contributed by atoms with van der Waals surface area (Å²) in [6.45, 7) is 6.38. The molecule has 2 nitrogen and oxygen atoms in total. The highest BCUT2D eigenvalue weighted by atomic mass is 28.1. The lowest BCUT2D eigenvalue weighted by molar-refractivity contribution is -0.131. The first kappa shape index (κ1) is 10.2. The van der Waals surface area contributed by atoms with Crippen LogP contribution in [-0.2, 0) is 4.79 Å². The molecule has 3 heteroatoms. The van der Waals surface area contributed by atoms with Gasteiger partial charge < -0.3 is 5.11 Å². The predicted octanol–water partition coefficient (Wildman–Crippen LogP) is -0.248. The van der Waals surface area contributed by atoms with E-state index in [1.807, 2.05) is 5.70 Å². The van der Waals surface area contributed by atoms with E-state index in [-0.39, 0.29) is 0 Å². The second-order valence-electron chi connectivity index (χ2n) is 0.951. The molecule has 0 aliphatic carbocycles. The van der Waals surface area contributed by atoms with E-state index in [1.54, 1.807) is 0 Å². The van der Waals surface area contributed by atoms with Gasteiger partial charge in [-0.3, -0.25) is 0 Å². The Morgan fingerprint density at radius 1 is 1.62 bits per heavy atom. The van der Waals surface area contributed by atoms with Crippen LogP contribution in [0.3, 0.4) is 0 Å². The molecule has 0 radical (unpaired) electrons. The van der Waals surface area contributed by atoms with Crippen LogP contribution in [0.2, 0.25) is 0 Å². The number of carbonyl (C=O) groups is 1. The Balaban J connectivity index is 0. The molecule has 0 saturated carbocycles. The van der Waals surface area contributed by atoms with E-state index in [2.05, 4.69) is 13.2 Å². The van der Waals surface area contributed by atoms with Crippen molar-refractivity contribution >= 4 is 16.2 Å². The second kappa shape index (κ2) is 9.48. The summed E-state index contributed by atoms with van der Waals surface area (Å²) in [5.74, 6) is -0.981. The van der Waals surface area contributed by atoms with Gasteiger partial charge in [0.05, 0.1) is 0 Å². The maximum atomic E-state index is 9.25. The molecule has 1 N–H and O–H groups in total. The summed E-state index contributed by atoms with van der Waals surface area (Å²) in [5, 5.41) is 7.60. The maximum Gasteiger partial charge on any atom is 0.327 e. The minimum Gasteiger partial charge on any atom is -0.478 e. The smallest absolute Gasteiger partial charge is 0.327 e. The molecule has 0 aliphatic heterocycles. The third kappa shape index (κ3) is 65.9. The lowest BCUT2D eigenvalue weighted by Gasteiger charge is -1.64. The van der Waals surface area contributed by atoms with Crippen LogP contribution >= 0.6 is 0 Å². The first-order chi connectivity index (χ1) is 3.68. The highest BCUT2D eigenvalue weighted by Crippen LogP contribution is 1.54. The average molecular weight is 130 g/mol. The summed E-state index contributed by atoms with van der Waals surface area (Å²) in [7, 11) is 1.13. The number of aliphatic carboxylic acids is 1. The predicted molar refractivity (Wildman–Crippen MR) is 38.0 cm³/mol. The molecule has 0 aromatic rings. The summed E-state index contributed by atoms with van der Waals surface area (Å²) in [4.78, 5) is 9.25. The van der Waals surface area contributed by atoms with Crippen molar-refractivity contribution in [2.75, 3.05) is 0 Å². The molecule has 46 valence electrons. The van der Waals surface area contributed by atoms with E-state index in [0.717, 1.165) is 16.3 Å². The van der Waals surface area contributed by atoms with Gasteiger partial charge in [-0.25, -0.2) is 4.79 Å². The molecule has 0 saturated heterocycles. The van der Waals surface area contributed by atoms with Crippen LogP contribution < -0.4 is 0 Å². The highest BCUT2D eigenvalue weighted by molar-refractivity contribution is 6.16. The van der Waals surface area contributed by atoms with Crippen molar-refractivity contribution in [1.82, 2.24) is 0 Å². The van der Waals surface area contributed by atoms with Crippen LogP contribution in [0.5, 0.6) is 0 Å². The number of rotatable bonds is 1. The second-order valence-corrected chi connectivity index (χ2v) is 1.77.